The molecular weight excluding hydrogens is 462 g/mol. The van der Waals surface area contributed by atoms with Gasteiger partial charge in [0, 0.05) is 6.20 Å². The maximum atomic E-state index is 12.1. The van der Waals surface area contributed by atoms with Gasteiger partial charge in [0.15, 0.2) is 6.23 Å². The SMILES string of the molecule is [B]O[P+]([O-])(OC[C@@H]1C=C(O)[C@H](n2ccc(N)nc2=O)O1)OP(=O)(O)OP(=O)(O)O. The van der Waals surface area contributed by atoms with E-state index in [1.54, 1.807) is 0 Å². The van der Waals surface area contributed by atoms with Gasteiger partial charge in [-0.2, -0.15) is 13.8 Å². The van der Waals surface area contributed by atoms with Crippen molar-refractivity contribution in [3.63, 3.8) is 0 Å². The second kappa shape index (κ2) is 8.90. The second-order valence-corrected chi connectivity index (χ2v) is 9.72. The van der Waals surface area contributed by atoms with Gasteiger partial charge < -0.3 is 30.3 Å². The topological polar surface area (TPSA) is 245 Å². The van der Waals surface area contributed by atoms with Crippen LogP contribution in [0.15, 0.2) is 28.9 Å². The molecule has 0 spiro atoms. The Morgan fingerprint density at radius 3 is 2.62 bits per heavy atom. The Morgan fingerprint density at radius 1 is 1.41 bits per heavy atom. The predicted molar refractivity (Wildman–Crippen MR) is 91.3 cm³/mol. The molecule has 20 heteroatoms. The Labute approximate surface area is 163 Å². The number of anilines is 1. The van der Waals surface area contributed by atoms with Gasteiger partial charge in [0.2, 0.25) is 0 Å². The van der Waals surface area contributed by atoms with Crippen LogP contribution in [0.5, 0.6) is 0 Å². The predicted octanol–water partition coefficient (Wildman–Crippen LogP) is -1.45. The minimum absolute atomic E-state index is 0.0725. The normalized spacial score (nSPS) is 23.9. The minimum Gasteiger partial charge on any atom is -0.607 e. The molecular formula is C9H13BN3O13P3. The highest BCUT2D eigenvalue weighted by atomic mass is 31.3. The molecule has 2 rings (SSSR count). The molecule has 1 aromatic rings. The molecule has 4 atom stereocenters. The summed E-state index contributed by atoms with van der Waals surface area (Å²) in [4.78, 5) is 53.5. The number of ether oxygens (including phenoxy) is 1. The van der Waals surface area contributed by atoms with Gasteiger partial charge in [0.25, 0.3) is 0 Å². The molecule has 2 unspecified atom stereocenters. The summed E-state index contributed by atoms with van der Waals surface area (Å²) in [6.07, 6.45) is -0.331. The highest BCUT2D eigenvalue weighted by Crippen LogP contribution is 2.69. The molecule has 0 aliphatic carbocycles. The number of aromatic nitrogens is 2. The molecule has 1 aliphatic rings. The zero-order valence-corrected chi connectivity index (χ0v) is 16.6. The number of nitrogen functional groups attached to an aromatic ring is 1. The molecule has 0 saturated heterocycles. The van der Waals surface area contributed by atoms with Crippen LogP contribution >= 0.6 is 23.8 Å². The van der Waals surface area contributed by atoms with Crippen molar-refractivity contribution in [3.8, 4) is 0 Å². The van der Waals surface area contributed by atoms with Crippen LogP contribution in [-0.2, 0) is 31.5 Å². The van der Waals surface area contributed by atoms with Crippen LogP contribution in [0.2, 0.25) is 0 Å². The number of nitrogens with two attached hydrogens (primary N) is 1. The molecule has 2 heterocycles. The summed E-state index contributed by atoms with van der Waals surface area (Å²) in [5.74, 6) is -0.536. The van der Waals surface area contributed by atoms with Gasteiger partial charge in [-0.15, -0.1) is 0 Å². The largest absolute Gasteiger partial charge is 0.607 e. The van der Waals surface area contributed by atoms with E-state index in [2.05, 4.69) is 30.6 Å². The van der Waals surface area contributed by atoms with Crippen LogP contribution in [0.1, 0.15) is 6.23 Å². The first kappa shape index (κ1) is 24.1. The number of rotatable bonds is 9. The lowest BCUT2D eigenvalue weighted by atomic mass is 10.3. The summed E-state index contributed by atoms with van der Waals surface area (Å²) in [5.41, 5.74) is 4.50. The van der Waals surface area contributed by atoms with Gasteiger partial charge in [0.1, 0.15) is 24.3 Å². The number of aliphatic hydroxyl groups is 1. The fraction of sp³-hybridized carbons (Fsp3) is 0.333. The van der Waals surface area contributed by atoms with E-state index in [0.29, 0.717) is 0 Å². The smallest absolute Gasteiger partial charge is 0.519 e. The Bertz CT molecular complexity index is 936. The van der Waals surface area contributed by atoms with Crippen LogP contribution in [0.25, 0.3) is 0 Å². The van der Waals surface area contributed by atoms with Crippen LogP contribution in [0.3, 0.4) is 0 Å². The maximum absolute atomic E-state index is 12.1. The van der Waals surface area contributed by atoms with Crippen LogP contribution in [0.4, 0.5) is 5.82 Å². The molecule has 0 aromatic carbocycles. The van der Waals surface area contributed by atoms with E-state index in [0.717, 1.165) is 10.6 Å². The Balaban J connectivity index is 2.04. The van der Waals surface area contributed by atoms with Crippen molar-refractivity contribution in [2.75, 3.05) is 12.3 Å². The third kappa shape index (κ3) is 6.93. The van der Waals surface area contributed by atoms with Gasteiger partial charge in [-0.05, 0) is 12.1 Å². The summed E-state index contributed by atoms with van der Waals surface area (Å²) in [7, 11) is -11.5. The van der Waals surface area contributed by atoms with Gasteiger partial charge in [-0.3, -0.25) is 13.9 Å². The van der Waals surface area contributed by atoms with Gasteiger partial charge in [-0.1, -0.05) is 4.31 Å². The van der Waals surface area contributed by atoms with Gasteiger partial charge >= 0.3 is 37.6 Å². The molecule has 2 radical (unpaired) electrons. The number of phosphoric acid groups is 3. The minimum atomic E-state index is -5.62. The molecule has 16 nitrogen and oxygen atoms in total. The third-order valence-corrected chi connectivity index (χ3v) is 6.98. The fourth-order valence-electron chi connectivity index (χ4n) is 1.96. The second-order valence-electron chi connectivity index (χ2n) is 5.13. The Kier molecular flexibility index (Phi) is 7.39. The number of hydrogen-bond acceptors (Lipinski definition) is 12. The number of nitrogens with zero attached hydrogens (tertiary/aromatic N) is 2. The molecule has 1 aromatic heterocycles. The van der Waals surface area contributed by atoms with Crippen molar-refractivity contribution < 1.29 is 56.1 Å². The Hall–Kier alpha value is -1.19. The molecule has 1 aliphatic heterocycles. The molecule has 29 heavy (non-hydrogen) atoms. The van der Waals surface area contributed by atoms with Crippen molar-refractivity contribution in [2.45, 2.75) is 12.3 Å². The molecule has 160 valence electrons. The monoisotopic (exact) mass is 475 g/mol. The molecule has 0 saturated carbocycles. The van der Waals surface area contributed by atoms with Crippen LogP contribution in [-0.4, -0.2) is 50.1 Å². The highest BCUT2D eigenvalue weighted by molar-refractivity contribution is 7.68. The lowest BCUT2D eigenvalue weighted by molar-refractivity contribution is -0.233. The standard InChI is InChI=1S/C9H13BN3O13P3/c10-24-29(21,26-28(19,20)25-27(16,17)18)22-4-5-3-6(14)8(23-5)13-2-1-7(11)12-9(13)15/h1-3,5,8,14H,4H2,(H,19,20)(H2,11,12,15)(H2,16,17,18)/t5-,8+,29?/m0/s1. The first-order valence-electron chi connectivity index (χ1n) is 7.08. The average Bonchev–Trinajstić information content (AvgIpc) is 2.91. The highest BCUT2D eigenvalue weighted by Gasteiger charge is 2.46. The zero-order valence-electron chi connectivity index (χ0n) is 13.9. The van der Waals surface area contributed by atoms with Crippen molar-refractivity contribution in [3.05, 3.63) is 34.6 Å². The fourth-order valence-corrected chi connectivity index (χ4v) is 5.17. The molecule has 0 amide bonds. The van der Waals surface area contributed by atoms with Gasteiger partial charge in [-0.25, -0.2) is 13.9 Å². The first-order valence-corrected chi connectivity index (χ1v) is 11.6. The van der Waals surface area contributed by atoms with Crippen LogP contribution < -0.4 is 16.3 Å². The number of hydrogen-bond donors (Lipinski definition) is 5. The van der Waals surface area contributed by atoms with E-state index in [4.69, 9.17) is 20.3 Å². The zero-order chi connectivity index (χ0) is 22.0. The quantitative estimate of drug-likeness (QED) is 0.202. The lowest BCUT2D eigenvalue weighted by Crippen LogP contribution is -2.30. The third-order valence-electron chi connectivity index (χ3n) is 2.96. The van der Waals surface area contributed by atoms with E-state index >= 15 is 0 Å². The van der Waals surface area contributed by atoms with Crippen molar-refractivity contribution >= 4 is 37.7 Å². The van der Waals surface area contributed by atoms with Crippen molar-refractivity contribution in [1.82, 2.24) is 9.55 Å². The summed E-state index contributed by atoms with van der Waals surface area (Å²) < 4.78 is 44.0. The molecule has 6 N–H and O–H groups in total. The molecule has 0 bridgehead atoms. The summed E-state index contributed by atoms with van der Waals surface area (Å²) in [5, 5.41) is 9.92. The lowest BCUT2D eigenvalue weighted by Gasteiger charge is -2.26. The van der Waals surface area contributed by atoms with Crippen LogP contribution in [0, 0.1) is 0 Å². The summed E-state index contributed by atoms with van der Waals surface area (Å²) >= 11 is 0. The average molecular weight is 475 g/mol. The summed E-state index contributed by atoms with van der Waals surface area (Å²) in [6.45, 7) is -0.776. The van der Waals surface area contributed by atoms with E-state index in [-0.39, 0.29) is 5.82 Å². The van der Waals surface area contributed by atoms with E-state index < -0.39 is 54.2 Å². The Morgan fingerprint density at radius 2 is 2.07 bits per heavy atom. The summed E-state index contributed by atoms with van der Waals surface area (Å²) in [6, 6.07) is 1.26. The van der Waals surface area contributed by atoms with Gasteiger partial charge in [0.05, 0.1) is 0 Å². The van der Waals surface area contributed by atoms with E-state index in [1.165, 1.54) is 12.3 Å². The van der Waals surface area contributed by atoms with Crippen molar-refractivity contribution in [1.29, 1.82) is 0 Å². The van der Waals surface area contributed by atoms with E-state index in [9.17, 15) is 28.8 Å². The number of aliphatic hydroxyl groups excluding tert-OH is 1. The first-order chi connectivity index (χ1) is 13.2. The van der Waals surface area contributed by atoms with E-state index in [1.807, 2.05) is 0 Å². The van der Waals surface area contributed by atoms with Crippen molar-refractivity contribution in [2.24, 2.45) is 0 Å². The molecule has 0 fully saturated rings. The maximum Gasteiger partial charge on any atom is 0.519 e.